The Bertz CT molecular complexity index is 650. The Morgan fingerprint density at radius 2 is 1.85 bits per heavy atom. The molecule has 0 amide bonds. The first-order chi connectivity index (χ1) is 9.58. The average Bonchev–Trinajstić information content (AvgIpc) is 2.46. The monoisotopic (exact) mass is 271 g/mol. The van der Waals surface area contributed by atoms with E-state index in [4.69, 9.17) is 15.2 Å². The van der Waals surface area contributed by atoms with Gasteiger partial charge in [0.25, 0.3) is 0 Å². The summed E-state index contributed by atoms with van der Waals surface area (Å²) in [4.78, 5) is 12.6. The number of ketones is 1. The van der Waals surface area contributed by atoms with Crippen LogP contribution in [0.3, 0.4) is 0 Å². The van der Waals surface area contributed by atoms with Crippen molar-refractivity contribution in [1.82, 2.24) is 0 Å². The van der Waals surface area contributed by atoms with E-state index < -0.39 is 0 Å². The van der Waals surface area contributed by atoms with Crippen molar-refractivity contribution in [3.63, 3.8) is 0 Å². The van der Waals surface area contributed by atoms with Gasteiger partial charge < -0.3 is 15.2 Å². The predicted octanol–water partition coefficient (Wildman–Crippen LogP) is 2.83. The number of carbonyl (C=O) groups excluding carboxylic acids is 1. The van der Waals surface area contributed by atoms with Crippen molar-refractivity contribution in [2.24, 2.45) is 0 Å². The second kappa shape index (κ2) is 5.65. The van der Waals surface area contributed by atoms with Gasteiger partial charge in [0, 0.05) is 5.56 Å². The van der Waals surface area contributed by atoms with Gasteiger partial charge in [-0.1, -0.05) is 6.07 Å². The minimum absolute atomic E-state index is 0.125. The maximum Gasteiger partial charge on any atom is 0.196 e. The molecule has 0 atom stereocenters. The summed E-state index contributed by atoms with van der Waals surface area (Å²) in [5, 5.41) is 0. The molecule has 0 saturated carbocycles. The Morgan fingerprint density at radius 1 is 1.10 bits per heavy atom. The lowest BCUT2D eigenvalue weighted by molar-refractivity contribution is 0.103. The van der Waals surface area contributed by atoms with Crippen molar-refractivity contribution in [3.05, 3.63) is 53.1 Å². The highest BCUT2D eigenvalue weighted by molar-refractivity contribution is 6.11. The van der Waals surface area contributed by atoms with Crippen LogP contribution in [0.25, 0.3) is 0 Å². The highest BCUT2D eigenvalue weighted by atomic mass is 16.5. The maximum absolute atomic E-state index is 12.6. The number of rotatable bonds is 4. The summed E-state index contributed by atoms with van der Waals surface area (Å²) in [6.07, 6.45) is 0. The van der Waals surface area contributed by atoms with Gasteiger partial charge >= 0.3 is 0 Å². The van der Waals surface area contributed by atoms with Crippen LogP contribution in [0.4, 0.5) is 5.69 Å². The molecule has 4 nitrogen and oxygen atoms in total. The summed E-state index contributed by atoms with van der Waals surface area (Å²) in [5.74, 6) is 1.03. The van der Waals surface area contributed by atoms with Gasteiger partial charge in [-0.2, -0.15) is 0 Å². The van der Waals surface area contributed by atoms with Crippen molar-refractivity contribution >= 4 is 11.5 Å². The van der Waals surface area contributed by atoms with Gasteiger partial charge in [-0.15, -0.1) is 0 Å². The lowest BCUT2D eigenvalue weighted by atomic mass is 10.00. The van der Waals surface area contributed by atoms with Crippen LogP contribution < -0.4 is 15.2 Å². The molecule has 0 fully saturated rings. The van der Waals surface area contributed by atoms with E-state index in [1.807, 2.05) is 6.92 Å². The number of methoxy groups -OCH3 is 2. The zero-order valence-electron chi connectivity index (χ0n) is 11.8. The van der Waals surface area contributed by atoms with Gasteiger partial charge in [-0.05, 0) is 42.8 Å². The second-order valence-corrected chi connectivity index (χ2v) is 4.44. The van der Waals surface area contributed by atoms with Crippen LogP contribution in [-0.2, 0) is 0 Å². The van der Waals surface area contributed by atoms with Crippen LogP contribution >= 0.6 is 0 Å². The minimum atomic E-state index is -0.125. The standard InChI is InChI=1S/C16H17NO3/c1-10-9-11(7-8-14(10)19-2)15(18)12-5-4-6-13(17)16(12)20-3/h4-9H,17H2,1-3H3. The Morgan fingerprint density at radius 3 is 2.45 bits per heavy atom. The van der Waals surface area contributed by atoms with Gasteiger partial charge in [0.1, 0.15) is 5.75 Å². The summed E-state index contributed by atoms with van der Waals surface area (Å²) >= 11 is 0. The molecule has 0 saturated heterocycles. The second-order valence-electron chi connectivity index (χ2n) is 4.44. The topological polar surface area (TPSA) is 61.5 Å². The van der Waals surface area contributed by atoms with E-state index in [0.717, 1.165) is 11.3 Å². The van der Waals surface area contributed by atoms with Crippen molar-refractivity contribution < 1.29 is 14.3 Å². The average molecular weight is 271 g/mol. The van der Waals surface area contributed by atoms with Crippen molar-refractivity contribution in [2.45, 2.75) is 6.92 Å². The van der Waals surface area contributed by atoms with E-state index in [1.165, 1.54) is 7.11 Å². The lowest BCUT2D eigenvalue weighted by Gasteiger charge is -2.11. The molecule has 2 rings (SSSR count). The summed E-state index contributed by atoms with van der Waals surface area (Å²) in [6.45, 7) is 1.90. The third-order valence-corrected chi connectivity index (χ3v) is 3.15. The lowest BCUT2D eigenvalue weighted by Crippen LogP contribution is -2.06. The van der Waals surface area contributed by atoms with Crippen LogP contribution in [0.5, 0.6) is 11.5 Å². The summed E-state index contributed by atoms with van der Waals surface area (Å²) in [5.41, 5.74) is 8.21. The number of ether oxygens (including phenoxy) is 2. The Labute approximate surface area is 118 Å². The van der Waals surface area contributed by atoms with Crippen LogP contribution in [-0.4, -0.2) is 20.0 Å². The highest BCUT2D eigenvalue weighted by Crippen LogP contribution is 2.29. The molecule has 4 heteroatoms. The quantitative estimate of drug-likeness (QED) is 0.686. The molecule has 0 aliphatic carbocycles. The number of aryl methyl sites for hydroxylation is 1. The van der Waals surface area contributed by atoms with Gasteiger partial charge in [-0.25, -0.2) is 0 Å². The van der Waals surface area contributed by atoms with Crippen molar-refractivity contribution in [2.75, 3.05) is 20.0 Å². The number of hydrogen-bond acceptors (Lipinski definition) is 4. The SMILES string of the molecule is COc1ccc(C(=O)c2cccc(N)c2OC)cc1C. The van der Waals surface area contributed by atoms with E-state index in [0.29, 0.717) is 22.6 Å². The van der Waals surface area contributed by atoms with E-state index in [9.17, 15) is 4.79 Å². The number of benzene rings is 2. The fourth-order valence-electron chi connectivity index (χ4n) is 2.14. The molecule has 104 valence electrons. The number of nitrogen functional groups attached to an aromatic ring is 1. The van der Waals surface area contributed by atoms with E-state index in [2.05, 4.69) is 0 Å². The number of anilines is 1. The van der Waals surface area contributed by atoms with Gasteiger partial charge in [0.15, 0.2) is 11.5 Å². The first kappa shape index (κ1) is 13.9. The van der Waals surface area contributed by atoms with Gasteiger partial charge in [0.2, 0.25) is 0 Å². The minimum Gasteiger partial charge on any atom is -0.496 e. The summed E-state index contributed by atoms with van der Waals surface area (Å²) < 4.78 is 10.4. The first-order valence-corrected chi connectivity index (χ1v) is 6.20. The number of nitrogens with two attached hydrogens (primary N) is 1. The molecule has 0 heterocycles. The Balaban J connectivity index is 2.46. The van der Waals surface area contributed by atoms with Crippen LogP contribution in [0.2, 0.25) is 0 Å². The molecular weight excluding hydrogens is 254 g/mol. The largest absolute Gasteiger partial charge is 0.496 e. The van der Waals surface area contributed by atoms with Crippen molar-refractivity contribution in [1.29, 1.82) is 0 Å². The van der Waals surface area contributed by atoms with Gasteiger partial charge in [0.05, 0.1) is 25.5 Å². The smallest absolute Gasteiger partial charge is 0.196 e. The Kier molecular flexibility index (Phi) is 3.94. The van der Waals surface area contributed by atoms with E-state index in [-0.39, 0.29) is 5.78 Å². The number of carbonyl (C=O) groups is 1. The fourth-order valence-corrected chi connectivity index (χ4v) is 2.14. The maximum atomic E-state index is 12.6. The fraction of sp³-hybridized carbons (Fsp3) is 0.188. The molecule has 0 spiro atoms. The summed E-state index contributed by atoms with van der Waals surface area (Å²) in [6, 6.07) is 10.5. The summed E-state index contributed by atoms with van der Waals surface area (Å²) in [7, 11) is 3.10. The van der Waals surface area contributed by atoms with Crippen LogP contribution in [0.1, 0.15) is 21.5 Å². The van der Waals surface area contributed by atoms with Crippen molar-refractivity contribution in [3.8, 4) is 11.5 Å². The normalized spacial score (nSPS) is 10.2. The molecule has 0 aliphatic heterocycles. The van der Waals surface area contributed by atoms with E-state index in [1.54, 1.807) is 43.5 Å². The molecule has 0 unspecified atom stereocenters. The first-order valence-electron chi connectivity index (χ1n) is 6.20. The zero-order valence-corrected chi connectivity index (χ0v) is 11.8. The molecular formula is C16H17NO3. The molecule has 0 radical (unpaired) electrons. The molecule has 0 aliphatic rings. The highest BCUT2D eigenvalue weighted by Gasteiger charge is 2.17. The number of hydrogen-bond donors (Lipinski definition) is 1. The van der Waals surface area contributed by atoms with E-state index >= 15 is 0 Å². The Hall–Kier alpha value is -2.49. The zero-order chi connectivity index (χ0) is 14.7. The molecule has 0 aromatic heterocycles. The molecule has 2 N–H and O–H groups in total. The van der Waals surface area contributed by atoms with Crippen LogP contribution in [0, 0.1) is 6.92 Å². The molecule has 2 aromatic carbocycles. The third kappa shape index (κ3) is 2.45. The molecule has 20 heavy (non-hydrogen) atoms. The molecule has 0 bridgehead atoms. The predicted molar refractivity (Wildman–Crippen MR) is 78.6 cm³/mol. The van der Waals surface area contributed by atoms with Crippen LogP contribution in [0.15, 0.2) is 36.4 Å². The van der Waals surface area contributed by atoms with Gasteiger partial charge in [-0.3, -0.25) is 4.79 Å². The molecule has 2 aromatic rings. The third-order valence-electron chi connectivity index (χ3n) is 3.15. The number of para-hydroxylation sites is 1.